The molecule has 0 aliphatic heterocycles. The summed E-state index contributed by atoms with van der Waals surface area (Å²) in [5.74, 6) is -0.826. The molecule has 0 heterocycles. The van der Waals surface area contributed by atoms with Gasteiger partial charge in [0, 0.05) is 24.0 Å². The van der Waals surface area contributed by atoms with Crippen molar-refractivity contribution in [1.29, 1.82) is 5.41 Å². The van der Waals surface area contributed by atoms with Crippen LogP contribution in [0.5, 0.6) is 0 Å². The molecule has 0 bridgehead atoms. The molecule has 138 valence electrons. The Morgan fingerprint density at radius 2 is 1.52 bits per heavy atom. The maximum absolute atomic E-state index is 12.5. The number of nitrogens with zero attached hydrogens (tertiary/aromatic N) is 2. The van der Waals surface area contributed by atoms with E-state index < -0.39 is 11.6 Å². The number of nitrogens with two attached hydrogens (primary N) is 1. The Balaban J connectivity index is 0.00000218. The molecule has 0 atom stereocenters. The van der Waals surface area contributed by atoms with Crippen molar-refractivity contribution in [2.45, 2.75) is 13.8 Å². The van der Waals surface area contributed by atoms with Crippen molar-refractivity contribution in [3.8, 4) is 0 Å². The molecule has 0 fully saturated rings. The summed E-state index contributed by atoms with van der Waals surface area (Å²) in [6.07, 6.45) is 0. The average molecular weight is 411 g/mol. The van der Waals surface area contributed by atoms with Crippen molar-refractivity contribution in [2.75, 3.05) is 19.0 Å². The van der Waals surface area contributed by atoms with Gasteiger partial charge in [-0.2, -0.15) is 0 Å². The third kappa shape index (κ3) is 7.06. The first-order valence-electron chi connectivity index (χ1n) is 8.23. The number of benzene rings is 2. The maximum atomic E-state index is 12.5. The Morgan fingerprint density at radius 1 is 1.04 bits per heavy atom. The Hall–Kier alpha value is -1.15. The zero-order valence-electron chi connectivity index (χ0n) is 16.5. The smallest absolute Gasteiger partial charge is 0.676 e. The van der Waals surface area contributed by atoms with E-state index in [1.54, 1.807) is 12.1 Å². The van der Waals surface area contributed by atoms with Crippen LogP contribution in [-0.4, -0.2) is 25.7 Å². The molecule has 0 spiro atoms. The van der Waals surface area contributed by atoms with Crippen molar-refractivity contribution >= 4 is 34.6 Å². The van der Waals surface area contributed by atoms with Gasteiger partial charge >= 0.3 is 51.4 Å². The van der Waals surface area contributed by atoms with E-state index in [0.29, 0.717) is 5.56 Å². The number of hydrogen-bond donors (Lipinski definition) is 2. The zero-order chi connectivity index (χ0) is 19.7. The van der Waals surface area contributed by atoms with Gasteiger partial charge < -0.3 is 16.0 Å². The van der Waals surface area contributed by atoms with Crippen LogP contribution < -0.4 is 62.0 Å². The Labute approximate surface area is 208 Å². The number of carbonyl (C=O) groups excluding carboxylic acids is 1. The van der Waals surface area contributed by atoms with Crippen molar-refractivity contribution in [3.63, 3.8) is 0 Å². The van der Waals surface area contributed by atoms with Crippen LogP contribution in [0.3, 0.4) is 0 Å². The van der Waals surface area contributed by atoms with Crippen LogP contribution >= 0.6 is 11.6 Å². The normalized spacial score (nSPS) is 10.4. The van der Waals surface area contributed by atoms with Gasteiger partial charge in [0.05, 0.1) is 5.57 Å². The summed E-state index contributed by atoms with van der Waals surface area (Å²) < 4.78 is 0. The monoisotopic (exact) mass is 410 g/mol. The fourth-order valence-corrected chi connectivity index (χ4v) is 2.41. The van der Waals surface area contributed by atoms with Crippen molar-refractivity contribution < 1.29 is 56.2 Å². The molecular weight excluding hydrogens is 387 g/mol. The molecule has 3 N–H and O–H groups in total. The summed E-state index contributed by atoms with van der Waals surface area (Å²) in [5, 5.41) is 11.2. The van der Waals surface area contributed by atoms with E-state index >= 15 is 0 Å². The molecule has 0 aliphatic carbocycles. The van der Waals surface area contributed by atoms with E-state index in [2.05, 4.69) is 5.32 Å². The summed E-state index contributed by atoms with van der Waals surface area (Å²) in [6, 6.07) is 16.9. The second-order valence-corrected chi connectivity index (χ2v) is 5.43. The first-order valence-corrected chi connectivity index (χ1v) is 8.61. The summed E-state index contributed by atoms with van der Waals surface area (Å²) in [6.45, 7) is 4.00. The van der Waals surface area contributed by atoms with Gasteiger partial charge in [-0.3, -0.25) is 10.2 Å². The predicted molar refractivity (Wildman–Crippen MR) is 111 cm³/mol. The molecule has 27 heavy (non-hydrogen) atoms. The Bertz CT molecular complexity index is 776. The van der Waals surface area contributed by atoms with Gasteiger partial charge in [-0.1, -0.05) is 37.2 Å². The number of anilines is 2. The van der Waals surface area contributed by atoms with E-state index in [1.807, 2.05) is 68.3 Å². The van der Waals surface area contributed by atoms with E-state index in [-0.39, 0.29) is 62.1 Å². The Morgan fingerprint density at radius 3 is 1.96 bits per heavy atom. The molecule has 0 saturated carbocycles. The van der Waals surface area contributed by atoms with Crippen molar-refractivity contribution in [3.05, 3.63) is 76.2 Å². The topological polar surface area (TPSA) is 84.3 Å². The number of hydrogen-bond acceptors (Lipinski definition) is 3. The number of nitrogens with one attached hydrogen (secondary N) is 1. The van der Waals surface area contributed by atoms with Gasteiger partial charge in [0.2, 0.25) is 0 Å². The number of para-hydroxylation sites is 1. The van der Waals surface area contributed by atoms with Crippen LogP contribution in [0.4, 0.5) is 11.4 Å². The van der Waals surface area contributed by atoms with Crippen LogP contribution in [-0.2, 0) is 0 Å². The molecular formula is C20H24ClKN4O. The van der Waals surface area contributed by atoms with Gasteiger partial charge in [-0.05, 0) is 36.4 Å². The molecule has 0 saturated heterocycles. The molecule has 5 nitrogen and oxygen atoms in total. The average Bonchev–Trinajstić information content (AvgIpc) is 2.69. The second kappa shape index (κ2) is 13.1. The molecule has 0 aromatic heterocycles. The number of rotatable bonds is 6. The van der Waals surface area contributed by atoms with Gasteiger partial charge in [0.25, 0.3) is 0 Å². The summed E-state index contributed by atoms with van der Waals surface area (Å²) in [5.41, 5.74) is 7.72. The van der Waals surface area contributed by atoms with E-state index in [1.165, 1.54) is 7.05 Å². The molecule has 0 unspecified atom stereocenters. The minimum Gasteiger partial charge on any atom is -0.676 e. The summed E-state index contributed by atoms with van der Waals surface area (Å²) >= 11 is 5.90. The van der Waals surface area contributed by atoms with Gasteiger partial charge in [0.1, 0.15) is 5.84 Å². The molecule has 2 rings (SSSR count). The summed E-state index contributed by atoms with van der Waals surface area (Å²) in [4.78, 5) is 14.5. The number of halogens is 1. The second-order valence-electron chi connectivity index (χ2n) is 5.07. The number of carbonyl (C=O) groups is 1. The minimum atomic E-state index is -0.424. The largest absolute Gasteiger partial charge is 1.00 e. The number of Topliss-reactive ketones (excluding diaryl/α,β-unsaturated/α-hetero) is 1. The number of ketones is 1. The van der Waals surface area contributed by atoms with Crippen LogP contribution in [0.2, 0.25) is 0 Å². The number of amidine groups is 1. The van der Waals surface area contributed by atoms with Crippen molar-refractivity contribution in [1.82, 2.24) is 0 Å². The van der Waals surface area contributed by atoms with E-state index in [0.717, 1.165) is 11.4 Å². The maximum Gasteiger partial charge on any atom is 1.00 e. The fraction of sp³-hybridized carbons (Fsp3) is 0.200. The quantitative estimate of drug-likeness (QED) is 0.191. The molecule has 0 aliphatic rings. The molecule has 7 heteroatoms. The van der Waals surface area contributed by atoms with E-state index in [4.69, 9.17) is 22.7 Å². The van der Waals surface area contributed by atoms with Gasteiger partial charge in [0.15, 0.2) is 5.78 Å². The molecule has 0 radical (unpaired) electrons. The summed E-state index contributed by atoms with van der Waals surface area (Å²) in [7, 11) is 3.39. The predicted octanol–water partition coefficient (Wildman–Crippen LogP) is 2.06. The van der Waals surface area contributed by atoms with Crippen LogP contribution in [0.25, 0.3) is 5.32 Å². The first-order chi connectivity index (χ1) is 12.5. The SMILES string of the molecule is CC.C[N-]/C(Cl)=C(\C(=N)N)C(=O)c1ccc(N(C)c2ccccc2)cc1.[K+]. The zero-order valence-corrected chi connectivity index (χ0v) is 20.3. The molecule has 2 aromatic carbocycles. The van der Waals surface area contributed by atoms with Gasteiger partial charge in [-0.15, -0.1) is 18.6 Å². The van der Waals surface area contributed by atoms with Crippen LogP contribution in [0, 0.1) is 5.41 Å². The van der Waals surface area contributed by atoms with E-state index in [9.17, 15) is 4.79 Å². The third-order valence-corrected chi connectivity index (χ3v) is 3.92. The van der Waals surface area contributed by atoms with Crippen molar-refractivity contribution in [2.24, 2.45) is 5.73 Å². The molecule has 2 aromatic rings. The minimum absolute atomic E-state index is 0. The fourth-order valence-electron chi connectivity index (χ4n) is 2.22. The van der Waals surface area contributed by atoms with Crippen LogP contribution in [0.15, 0.2) is 65.3 Å². The Kier molecular flexibility index (Phi) is 12.5. The third-order valence-electron chi connectivity index (χ3n) is 3.56. The standard InChI is InChI=1S/C18H19ClN4O.C2H6.K/c1-22-17(19)15(18(20)21)16(24)12-8-10-14(11-9-12)23(2)13-6-4-3-5-7-13;1-2;/h3-11H,1-2H3,(H4,20,21,22,24);1-2H3;/q;;+1/p-1. The van der Waals surface area contributed by atoms with Gasteiger partial charge in [-0.25, -0.2) is 0 Å². The van der Waals surface area contributed by atoms with Crippen LogP contribution in [0.1, 0.15) is 24.2 Å². The molecule has 0 amide bonds. The first kappa shape index (κ1) is 25.8.